The van der Waals surface area contributed by atoms with E-state index >= 15 is 0 Å². The van der Waals surface area contributed by atoms with E-state index in [2.05, 4.69) is 27.7 Å². The topological polar surface area (TPSA) is 17.1 Å². The highest BCUT2D eigenvalue weighted by Crippen LogP contribution is 2.55. The molecule has 0 spiro atoms. The van der Waals surface area contributed by atoms with Crippen molar-refractivity contribution in [1.29, 1.82) is 0 Å². The number of carbonyl (C=O) groups excluding carboxylic acids is 1. The van der Waals surface area contributed by atoms with Gasteiger partial charge in [-0.3, -0.25) is 4.79 Å². The number of Topliss-reactive ketones (excluding diaryl/α,β-unsaturated/α-hetero) is 1. The van der Waals surface area contributed by atoms with Crippen LogP contribution in [0.2, 0.25) is 0 Å². The summed E-state index contributed by atoms with van der Waals surface area (Å²) in [7, 11) is 0. The normalized spacial score (nSPS) is 44.6. The molecule has 0 amide bonds. The van der Waals surface area contributed by atoms with E-state index in [4.69, 9.17) is 0 Å². The predicted molar refractivity (Wildman–Crippen MR) is 67.2 cm³/mol. The van der Waals surface area contributed by atoms with Crippen molar-refractivity contribution in [2.45, 2.75) is 59.8 Å². The Kier molecular flexibility index (Phi) is 3.16. The minimum atomic E-state index is 0.307. The molecule has 4 unspecified atom stereocenters. The van der Waals surface area contributed by atoms with Crippen molar-refractivity contribution in [2.75, 3.05) is 0 Å². The molecule has 0 saturated heterocycles. The van der Waals surface area contributed by atoms with Crippen LogP contribution in [0.25, 0.3) is 0 Å². The first-order chi connectivity index (χ1) is 7.47. The lowest BCUT2D eigenvalue weighted by molar-refractivity contribution is -0.143. The van der Waals surface area contributed by atoms with Crippen LogP contribution in [0, 0.1) is 29.1 Å². The minimum Gasteiger partial charge on any atom is -0.299 e. The summed E-state index contributed by atoms with van der Waals surface area (Å²) in [6, 6.07) is 0. The van der Waals surface area contributed by atoms with Crippen molar-refractivity contribution in [3.8, 4) is 0 Å². The molecule has 16 heavy (non-hydrogen) atoms. The molecule has 2 aliphatic rings. The van der Waals surface area contributed by atoms with E-state index < -0.39 is 0 Å². The molecule has 0 aromatic heterocycles. The zero-order chi connectivity index (χ0) is 11.9. The van der Waals surface area contributed by atoms with Gasteiger partial charge in [-0.2, -0.15) is 0 Å². The highest BCUT2D eigenvalue weighted by atomic mass is 16.1. The largest absolute Gasteiger partial charge is 0.299 e. The molecule has 2 aliphatic carbocycles. The van der Waals surface area contributed by atoms with Crippen LogP contribution in [0.3, 0.4) is 0 Å². The van der Waals surface area contributed by atoms with Gasteiger partial charge < -0.3 is 0 Å². The van der Waals surface area contributed by atoms with Crippen molar-refractivity contribution in [3.63, 3.8) is 0 Å². The number of carbonyl (C=O) groups is 1. The molecular formula is C15H26O. The van der Waals surface area contributed by atoms with Crippen LogP contribution in [-0.4, -0.2) is 5.78 Å². The molecule has 1 heteroatoms. The Labute approximate surface area is 100.0 Å². The zero-order valence-corrected chi connectivity index (χ0v) is 11.3. The van der Waals surface area contributed by atoms with Crippen LogP contribution in [-0.2, 0) is 4.79 Å². The Bertz CT molecular complexity index is 281. The van der Waals surface area contributed by atoms with Gasteiger partial charge in [-0.15, -0.1) is 0 Å². The van der Waals surface area contributed by atoms with E-state index in [-0.39, 0.29) is 0 Å². The molecule has 0 aromatic carbocycles. The van der Waals surface area contributed by atoms with E-state index in [0.717, 1.165) is 18.8 Å². The van der Waals surface area contributed by atoms with E-state index in [9.17, 15) is 4.79 Å². The van der Waals surface area contributed by atoms with Crippen molar-refractivity contribution >= 4 is 5.78 Å². The summed E-state index contributed by atoms with van der Waals surface area (Å²) in [4.78, 5) is 12.2. The van der Waals surface area contributed by atoms with Gasteiger partial charge in [-0.25, -0.2) is 0 Å². The maximum Gasteiger partial charge on any atom is 0.136 e. The molecule has 2 saturated carbocycles. The van der Waals surface area contributed by atoms with Gasteiger partial charge in [0.2, 0.25) is 0 Å². The van der Waals surface area contributed by atoms with E-state index in [1.165, 1.54) is 19.3 Å². The van der Waals surface area contributed by atoms with Gasteiger partial charge in [-0.1, -0.05) is 40.5 Å². The second-order valence-corrected chi connectivity index (χ2v) is 6.72. The fourth-order valence-corrected chi connectivity index (χ4v) is 4.94. The molecule has 1 nitrogen and oxygen atoms in total. The van der Waals surface area contributed by atoms with Gasteiger partial charge >= 0.3 is 0 Å². The SMILES string of the molecule is CC(C)C1C(C)CC(=O)C2CCCCC21C. The van der Waals surface area contributed by atoms with Gasteiger partial charge in [0.1, 0.15) is 5.78 Å². The molecule has 0 aromatic rings. The molecule has 92 valence electrons. The molecule has 4 atom stereocenters. The molecule has 0 bridgehead atoms. The van der Waals surface area contributed by atoms with E-state index in [0.29, 0.717) is 29.0 Å². The van der Waals surface area contributed by atoms with Crippen LogP contribution in [0.4, 0.5) is 0 Å². The van der Waals surface area contributed by atoms with Crippen molar-refractivity contribution in [1.82, 2.24) is 0 Å². The standard InChI is InChI=1S/C15H26O/c1-10(2)14-11(3)9-13(16)12-7-5-6-8-15(12,14)4/h10-12,14H,5-9H2,1-4H3. The lowest BCUT2D eigenvalue weighted by Crippen LogP contribution is -2.51. The molecule has 2 fully saturated rings. The molecule has 0 aliphatic heterocycles. The Morgan fingerprint density at radius 2 is 2.00 bits per heavy atom. The summed E-state index contributed by atoms with van der Waals surface area (Å²) in [5, 5.41) is 0. The Morgan fingerprint density at radius 1 is 1.31 bits per heavy atom. The van der Waals surface area contributed by atoms with Crippen LogP contribution >= 0.6 is 0 Å². The number of hydrogen-bond acceptors (Lipinski definition) is 1. The maximum absolute atomic E-state index is 12.2. The van der Waals surface area contributed by atoms with Crippen LogP contribution in [0.5, 0.6) is 0 Å². The Hall–Kier alpha value is -0.330. The monoisotopic (exact) mass is 222 g/mol. The summed E-state index contributed by atoms with van der Waals surface area (Å²) in [6.07, 6.45) is 5.87. The second kappa shape index (κ2) is 4.16. The molecule has 0 radical (unpaired) electrons. The third kappa shape index (κ3) is 1.72. The van der Waals surface area contributed by atoms with Gasteiger partial charge in [0.05, 0.1) is 0 Å². The number of fused-ring (bicyclic) bond motifs is 1. The first-order valence-electron chi connectivity index (χ1n) is 6.99. The summed E-state index contributed by atoms with van der Waals surface area (Å²) >= 11 is 0. The van der Waals surface area contributed by atoms with Gasteiger partial charge in [0, 0.05) is 12.3 Å². The highest BCUT2D eigenvalue weighted by molar-refractivity contribution is 5.83. The average molecular weight is 222 g/mol. The Balaban J connectivity index is 2.33. The first kappa shape index (κ1) is 12.1. The van der Waals surface area contributed by atoms with Crippen molar-refractivity contribution in [2.24, 2.45) is 29.1 Å². The van der Waals surface area contributed by atoms with Gasteiger partial charge in [0.15, 0.2) is 0 Å². The first-order valence-corrected chi connectivity index (χ1v) is 6.99. The molecule has 0 heterocycles. The fourth-order valence-electron chi connectivity index (χ4n) is 4.94. The van der Waals surface area contributed by atoms with Crippen molar-refractivity contribution in [3.05, 3.63) is 0 Å². The lowest BCUT2D eigenvalue weighted by atomic mass is 9.50. The second-order valence-electron chi connectivity index (χ2n) is 6.72. The van der Waals surface area contributed by atoms with Crippen LogP contribution < -0.4 is 0 Å². The van der Waals surface area contributed by atoms with E-state index in [1.807, 2.05) is 0 Å². The van der Waals surface area contributed by atoms with Gasteiger partial charge in [0.25, 0.3) is 0 Å². The van der Waals surface area contributed by atoms with Crippen molar-refractivity contribution < 1.29 is 4.79 Å². The van der Waals surface area contributed by atoms with Gasteiger partial charge in [-0.05, 0) is 36.0 Å². The van der Waals surface area contributed by atoms with Crippen LogP contribution in [0.1, 0.15) is 59.8 Å². The third-order valence-corrected chi connectivity index (χ3v) is 5.26. The fraction of sp³-hybridized carbons (Fsp3) is 0.933. The Morgan fingerprint density at radius 3 is 2.62 bits per heavy atom. The van der Waals surface area contributed by atoms with Crippen LogP contribution in [0.15, 0.2) is 0 Å². The molecule has 2 rings (SSSR count). The predicted octanol–water partition coefficient (Wildman–Crippen LogP) is 4.06. The summed E-state index contributed by atoms with van der Waals surface area (Å²) in [5.41, 5.74) is 0.307. The summed E-state index contributed by atoms with van der Waals surface area (Å²) in [5.74, 6) is 2.99. The summed E-state index contributed by atoms with van der Waals surface area (Å²) < 4.78 is 0. The quantitative estimate of drug-likeness (QED) is 0.654. The minimum absolute atomic E-state index is 0.307. The lowest BCUT2D eigenvalue weighted by Gasteiger charge is -2.53. The zero-order valence-electron chi connectivity index (χ0n) is 11.3. The molecular weight excluding hydrogens is 196 g/mol. The number of rotatable bonds is 1. The maximum atomic E-state index is 12.2. The van der Waals surface area contributed by atoms with E-state index in [1.54, 1.807) is 0 Å². The highest BCUT2D eigenvalue weighted by Gasteiger charge is 2.52. The number of hydrogen-bond donors (Lipinski definition) is 0. The average Bonchev–Trinajstić information content (AvgIpc) is 2.15. The smallest absolute Gasteiger partial charge is 0.136 e. The summed E-state index contributed by atoms with van der Waals surface area (Å²) in [6.45, 7) is 9.37. The molecule has 0 N–H and O–H groups in total. The third-order valence-electron chi connectivity index (χ3n) is 5.26. The number of ketones is 1.